The van der Waals surface area contributed by atoms with Gasteiger partial charge in [-0.15, -0.1) is 5.10 Å². The van der Waals surface area contributed by atoms with Crippen LogP contribution in [0.4, 0.5) is 0 Å². The molecule has 0 bridgehead atoms. The van der Waals surface area contributed by atoms with Gasteiger partial charge in [-0.2, -0.15) is 0 Å². The van der Waals surface area contributed by atoms with Crippen molar-refractivity contribution in [2.75, 3.05) is 13.1 Å². The first-order chi connectivity index (χ1) is 9.98. The highest BCUT2D eigenvalue weighted by Gasteiger charge is 2.39. The van der Waals surface area contributed by atoms with E-state index in [9.17, 15) is 9.90 Å². The first-order valence-electron chi connectivity index (χ1n) is 6.96. The molecule has 0 aromatic carbocycles. The molecule has 1 amide bonds. The summed E-state index contributed by atoms with van der Waals surface area (Å²) >= 11 is 0. The molecule has 0 aliphatic carbocycles. The van der Waals surface area contributed by atoms with Crippen molar-refractivity contribution in [3.05, 3.63) is 35.9 Å². The molecule has 0 radical (unpaired) electrons. The monoisotopic (exact) mass is 289 g/mol. The van der Waals surface area contributed by atoms with Crippen LogP contribution in [0.2, 0.25) is 0 Å². The van der Waals surface area contributed by atoms with Gasteiger partial charge in [-0.05, 0) is 25.0 Å². The van der Waals surface area contributed by atoms with Crippen molar-refractivity contribution in [2.24, 2.45) is 7.05 Å². The number of aliphatic hydroxyl groups is 1. The molecule has 1 atom stereocenters. The maximum atomic E-state index is 12.6. The highest BCUT2D eigenvalue weighted by molar-refractivity contribution is 5.94. The smallest absolute Gasteiger partial charge is 0.270 e. The maximum absolute atomic E-state index is 12.6. The lowest BCUT2D eigenvalue weighted by molar-refractivity contribution is 0.0265. The van der Waals surface area contributed by atoms with Crippen molar-refractivity contribution in [1.29, 1.82) is 0 Å². The predicted molar refractivity (Wildman–Crippen MR) is 75.6 cm³/mol. The number of hydrogen-bond acceptors (Lipinski definition) is 4. The van der Waals surface area contributed by atoms with E-state index in [4.69, 9.17) is 0 Å². The summed E-state index contributed by atoms with van der Waals surface area (Å²) < 4.78 is 3.42. The molecule has 1 saturated heterocycles. The minimum atomic E-state index is -0.942. The molecule has 2 aromatic rings. The van der Waals surface area contributed by atoms with Crippen LogP contribution in [0.25, 0.3) is 0 Å². The van der Waals surface area contributed by atoms with Crippen LogP contribution in [0.15, 0.2) is 24.7 Å². The Bertz CT molecular complexity index is 629. The van der Waals surface area contributed by atoms with Crippen LogP contribution in [-0.2, 0) is 13.6 Å². The van der Waals surface area contributed by atoms with E-state index in [0.29, 0.717) is 31.7 Å². The van der Waals surface area contributed by atoms with Gasteiger partial charge in [0.15, 0.2) is 0 Å². The van der Waals surface area contributed by atoms with E-state index in [1.54, 1.807) is 22.0 Å². The van der Waals surface area contributed by atoms with E-state index in [2.05, 4.69) is 10.3 Å². The molecule has 21 heavy (non-hydrogen) atoms. The van der Waals surface area contributed by atoms with E-state index in [-0.39, 0.29) is 5.91 Å². The van der Waals surface area contributed by atoms with Gasteiger partial charge in [0.2, 0.25) is 0 Å². The molecular formula is C14H19N5O2. The molecule has 0 saturated carbocycles. The number of carbonyl (C=O) groups is 1. The van der Waals surface area contributed by atoms with E-state index in [0.717, 1.165) is 5.56 Å². The number of likely N-dealkylation sites (tertiary alicyclic amines) is 1. The Labute approximate surface area is 122 Å². The van der Waals surface area contributed by atoms with E-state index < -0.39 is 5.60 Å². The predicted octanol–water partition coefficient (Wildman–Crippen LogP) is 0.202. The molecule has 7 nitrogen and oxygen atoms in total. The Hall–Kier alpha value is -2.15. The molecule has 0 spiro atoms. The second-order valence-corrected chi connectivity index (χ2v) is 5.76. The summed E-state index contributed by atoms with van der Waals surface area (Å²) in [6.07, 6.45) is 5.71. The number of hydrogen-bond donors (Lipinski definition) is 1. The summed E-state index contributed by atoms with van der Waals surface area (Å²) in [6, 6.07) is 1.92. The zero-order chi connectivity index (χ0) is 15.0. The van der Waals surface area contributed by atoms with Crippen LogP contribution in [0, 0.1) is 6.92 Å². The number of rotatable bonds is 3. The van der Waals surface area contributed by atoms with Crippen molar-refractivity contribution in [2.45, 2.75) is 25.5 Å². The largest absolute Gasteiger partial charge is 0.386 e. The molecule has 3 rings (SSSR count). The van der Waals surface area contributed by atoms with Crippen molar-refractivity contribution >= 4 is 5.91 Å². The molecule has 2 aromatic heterocycles. The number of aromatic nitrogens is 4. The number of carbonyl (C=O) groups excluding carboxylic acids is 1. The van der Waals surface area contributed by atoms with Crippen LogP contribution in [0.5, 0.6) is 0 Å². The third-order valence-electron chi connectivity index (χ3n) is 4.02. The van der Waals surface area contributed by atoms with Crippen molar-refractivity contribution < 1.29 is 9.90 Å². The lowest BCUT2D eigenvalue weighted by atomic mass is 10.0. The average molecular weight is 289 g/mol. The topological polar surface area (TPSA) is 76.2 Å². The van der Waals surface area contributed by atoms with E-state index in [1.165, 1.54) is 0 Å². The zero-order valence-electron chi connectivity index (χ0n) is 12.2. The second-order valence-electron chi connectivity index (χ2n) is 5.76. The maximum Gasteiger partial charge on any atom is 0.270 e. The molecule has 1 aliphatic rings. The molecule has 1 N–H and O–H groups in total. The van der Waals surface area contributed by atoms with Gasteiger partial charge in [0.25, 0.3) is 5.91 Å². The third-order valence-corrected chi connectivity index (χ3v) is 4.02. The Morgan fingerprint density at radius 2 is 2.29 bits per heavy atom. The molecule has 1 fully saturated rings. The lowest BCUT2D eigenvalue weighted by Gasteiger charge is -2.23. The first-order valence-corrected chi connectivity index (χ1v) is 6.96. The molecule has 7 heteroatoms. The van der Waals surface area contributed by atoms with Gasteiger partial charge in [-0.25, -0.2) is 4.68 Å². The van der Waals surface area contributed by atoms with Crippen LogP contribution < -0.4 is 0 Å². The standard InChI is InChI=1S/C14H19N5O2/c1-11-3-6-17(2)12(11)13(20)18-7-4-14(21,9-18)10-19-8-5-15-16-19/h3,5-6,8,21H,4,7,9-10H2,1-2H3. The Morgan fingerprint density at radius 3 is 2.90 bits per heavy atom. The lowest BCUT2D eigenvalue weighted by Crippen LogP contribution is -2.40. The summed E-state index contributed by atoms with van der Waals surface area (Å²) in [5.41, 5.74) is 0.692. The minimum Gasteiger partial charge on any atom is -0.386 e. The van der Waals surface area contributed by atoms with Gasteiger partial charge in [-0.1, -0.05) is 5.21 Å². The van der Waals surface area contributed by atoms with Gasteiger partial charge < -0.3 is 14.6 Å². The van der Waals surface area contributed by atoms with Gasteiger partial charge in [0.05, 0.1) is 19.3 Å². The average Bonchev–Trinajstić information content (AvgIpc) is 3.13. The molecule has 1 aliphatic heterocycles. The SMILES string of the molecule is Cc1ccn(C)c1C(=O)N1CCC(O)(Cn2ccnn2)C1. The molecule has 1 unspecified atom stereocenters. The van der Waals surface area contributed by atoms with Crippen LogP contribution >= 0.6 is 0 Å². The zero-order valence-corrected chi connectivity index (χ0v) is 12.2. The normalized spacial score (nSPS) is 22.0. The van der Waals surface area contributed by atoms with Gasteiger partial charge >= 0.3 is 0 Å². The number of β-amino-alcohol motifs (C(OH)–C–C–N with tert-alkyl or cyclic N) is 1. The quantitative estimate of drug-likeness (QED) is 0.876. The Morgan fingerprint density at radius 1 is 1.48 bits per heavy atom. The van der Waals surface area contributed by atoms with Crippen molar-refractivity contribution in [3.8, 4) is 0 Å². The fourth-order valence-corrected chi connectivity index (χ4v) is 2.90. The highest BCUT2D eigenvalue weighted by Crippen LogP contribution is 2.25. The fraction of sp³-hybridized carbons (Fsp3) is 0.500. The number of aryl methyl sites for hydroxylation is 2. The van der Waals surface area contributed by atoms with Crippen LogP contribution in [-0.4, -0.2) is 54.2 Å². The third kappa shape index (κ3) is 2.56. The summed E-state index contributed by atoms with van der Waals surface area (Å²) in [5.74, 6) is -0.0329. The Balaban J connectivity index is 1.73. The van der Waals surface area contributed by atoms with Crippen LogP contribution in [0.1, 0.15) is 22.5 Å². The second kappa shape index (κ2) is 5.00. The molecular weight excluding hydrogens is 270 g/mol. The summed E-state index contributed by atoms with van der Waals surface area (Å²) in [6.45, 7) is 3.14. The van der Waals surface area contributed by atoms with Gasteiger partial charge in [0, 0.05) is 26.0 Å². The van der Waals surface area contributed by atoms with Crippen molar-refractivity contribution in [1.82, 2.24) is 24.5 Å². The van der Waals surface area contributed by atoms with Gasteiger partial charge in [0.1, 0.15) is 11.3 Å². The minimum absolute atomic E-state index is 0.0329. The number of amides is 1. The van der Waals surface area contributed by atoms with E-state index >= 15 is 0 Å². The summed E-state index contributed by atoms with van der Waals surface area (Å²) in [7, 11) is 1.86. The van der Waals surface area contributed by atoms with Gasteiger partial charge in [-0.3, -0.25) is 4.79 Å². The number of nitrogens with zero attached hydrogens (tertiary/aromatic N) is 5. The fourth-order valence-electron chi connectivity index (χ4n) is 2.90. The Kier molecular flexibility index (Phi) is 3.29. The molecule has 3 heterocycles. The van der Waals surface area contributed by atoms with E-state index in [1.807, 2.05) is 30.8 Å². The van der Waals surface area contributed by atoms with Crippen molar-refractivity contribution in [3.63, 3.8) is 0 Å². The highest BCUT2D eigenvalue weighted by atomic mass is 16.3. The molecule has 112 valence electrons. The van der Waals surface area contributed by atoms with Crippen LogP contribution in [0.3, 0.4) is 0 Å². The first kappa shape index (κ1) is 13.8. The summed E-state index contributed by atoms with van der Waals surface area (Å²) in [5, 5.41) is 18.2. The summed E-state index contributed by atoms with van der Waals surface area (Å²) in [4.78, 5) is 14.3.